The van der Waals surface area contributed by atoms with Gasteiger partial charge in [-0.1, -0.05) is 0 Å². The summed E-state index contributed by atoms with van der Waals surface area (Å²) in [5.74, 6) is 2.12. The summed E-state index contributed by atoms with van der Waals surface area (Å²) in [6.07, 6.45) is 8.39. The third-order valence-electron chi connectivity index (χ3n) is 5.32. The number of hydrogen-bond acceptors (Lipinski definition) is 2. The minimum atomic E-state index is -0.727. The maximum atomic E-state index is 10.9. The second-order valence-electron chi connectivity index (χ2n) is 6.86. The first kappa shape index (κ1) is 11.5. The quantitative estimate of drug-likeness (QED) is 0.788. The Morgan fingerprint density at radius 2 is 1.71 bits per heavy atom. The van der Waals surface area contributed by atoms with Gasteiger partial charge in [0.25, 0.3) is 0 Å². The summed E-state index contributed by atoms with van der Waals surface area (Å²) in [7, 11) is 0. The Labute approximate surface area is 103 Å². The van der Waals surface area contributed by atoms with Crippen LogP contribution in [0.2, 0.25) is 0 Å². The van der Waals surface area contributed by atoms with E-state index >= 15 is 0 Å². The number of carboxylic acid groups (broad SMARTS) is 1. The van der Waals surface area contributed by atoms with Crippen molar-refractivity contribution in [3.63, 3.8) is 0 Å². The molecular weight excluding hydrogens is 214 g/mol. The van der Waals surface area contributed by atoms with Gasteiger partial charge < -0.3 is 10.4 Å². The Hall–Kier alpha value is -0.570. The summed E-state index contributed by atoms with van der Waals surface area (Å²) in [6, 6.07) is -0.400. The lowest BCUT2D eigenvalue weighted by molar-refractivity contribution is -0.139. The third kappa shape index (κ3) is 2.10. The van der Waals surface area contributed by atoms with Gasteiger partial charge in [0.05, 0.1) is 0 Å². The van der Waals surface area contributed by atoms with Gasteiger partial charge in [0, 0.05) is 6.54 Å². The molecule has 0 aromatic heterocycles. The molecule has 4 fully saturated rings. The maximum Gasteiger partial charge on any atom is 0.320 e. The van der Waals surface area contributed by atoms with E-state index in [0.29, 0.717) is 5.41 Å². The van der Waals surface area contributed by atoms with E-state index < -0.39 is 12.0 Å². The molecule has 0 aromatic carbocycles. The highest BCUT2D eigenvalue weighted by Crippen LogP contribution is 2.59. The van der Waals surface area contributed by atoms with Crippen molar-refractivity contribution in [3.8, 4) is 0 Å². The fourth-order valence-corrected chi connectivity index (χ4v) is 4.96. The van der Waals surface area contributed by atoms with E-state index in [1.54, 1.807) is 6.92 Å². The second kappa shape index (κ2) is 3.98. The fraction of sp³-hybridized carbons (Fsp3) is 0.929. The number of hydrogen-bond donors (Lipinski definition) is 2. The van der Waals surface area contributed by atoms with Gasteiger partial charge in [0.15, 0.2) is 0 Å². The van der Waals surface area contributed by atoms with Crippen LogP contribution in [0.4, 0.5) is 0 Å². The lowest BCUT2D eigenvalue weighted by Crippen LogP contribution is -2.52. The Kier molecular flexibility index (Phi) is 2.69. The van der Waals surface area contributed by atoms with Crippen LogP contribution in [0.5, 0.6) is 0 Å². The summed E-state index contributed by atoms with van der Waals surface area (Å²) in [6.45, 7) is 2.67. The number of rotatable bonds is 4. The monoisotopic (exact) mass is 237 g/mol. The van der Waals surface area contributed by atoms with Crippen LogP contribution in [-0.2, 0) is 4.79 Å². The molecule has 0 aliphatic heterocycles. The van der Waals surface area contributed by atoms with Crippen LogP contribution in [0.15, 0.2) is 0 Å². The van der Waals surface area contributed by atoms with Crippen LogP contribution in [0, 0.1) is 23.2 Å². The van der Waals surface area contributed by atoms with Gasteiger partial charge in [-0.2, -0.15) is 0 Å². The van der Waals surface area contributed by atoms with E-state index in [1.165, 1.54) is 38.5 Å². The molecule has 0 aromatic rings. The predicted octanol–water partition coefficient (Wildman–Crippen LogP) is 2.27. The number of carbonyl (C=O) groups is 1. The van der Waals surface area contributed by atoms with E-state index in [2.05, 4.69) is 5.32 Å². The summed E-state index contributed by atoms with van der Waals surface area (Å²) in [5.41, 5.74) is 0.443. The molecule has 4 rings (SSSR count). The summed E-state index contributed by atoms with van der Waals surface area (Å²) in [4.78, 5) is 10.9. The van der Waals surface area contributed by atoms with E-state index in [1.807, 2.05) is 0 Å². The first-order valence-electron chi connectivity index (χ1n) is 7.02. The van der Waals surface area contributed by atoms with Gasteiger partial charge in [-0.15, -0.1) is 0 Å². The molecule has 0 radical (unpaired) electrons. The van der Waals surface area contributed by atoms with E-state index in [0.717, 1.165) is 24.3 Å². The average molecular weight is 237 g/mol. The molecule has 3 heteroatoms. The van der Waals surface area contributed by atoms with Crippen LogP contribution in [-0.4, -0.2) is 23.7 Å². The van der Waals surface area contributed by atoms with Gasteiger partial charge >= 0.3 is 5.97 Å². The minimum absolute atomic E-state index is 0.400. The molecule has 0 amide bonds. The van der Waals surface area contributed by atoms with Crippen molar-refractivity contribution in [2.24, 2.45) is 23.2 Å². The molecule has 17 heavy (non-hydrogen) atoms. The SMILES string of the molecule is C[C@H](NCC12CC3CC(CC(C3)C1)C2)C(=O)O. The Bertz CT molecular complexity index is 291. The van der Waals surface area contributed by atoms with Crippen LogP contribution in [0.25, 0.3) is 0 Å². The summed E-state index contributed by atoms with van der Waals surface area (Å²) in [5, 5.41) is 12.2. The number of nitrogens with one attached hydrogen (secondary N) is 1. The molecular formula is C14H23NO2. The van der Waals surface area contributed by atoms with E-state index in [4.69, 9.17) is 5.11 Å². The Morgan fingerprint density at radius 3 is 2.12 bits per heavy atom. The second-order valence-corrected chi connectivity index (χ2v) is 6.86. The van der Waals surface area contributed by atoms with Gasteiger partial charge in [-0.3, -0.25) is 4.79 Å². The molecule has 0 heterocycles. The summed E-state index contributed by atoms with van der Waals surface area (Å²) < 4.78 is 0. The standard InChI is InChI=1S/C14H23NO2/c1-9(13(16)17)15-8-14-5-10-2-11(6-14)4-12(3-10)7-14/h9-12,15H,2-8H2,1H3,(H,16,17)/t9-,10?,11?,12?,14?/m0/s1. The fourth-order valence-electron chi connectivity index (χ4n) is 4.96. The van der Waals surface area contributed by atoms with Gasteiger partial charge in [0.2, 0.25) is 0 Å². The van der Waals surface area contributed by atoms with Crippen LogP contribution >= 0.6 is 0 Å². The first-order chi connectivity index (χ1) is 8.06. The smallest absolute Gasteiger partial charge is 0.320 e. The Balaban J connectivity index is 1.64. The largest absolute Gasteiger partial charge is 0.480 e. The highest BCUT2D eigenvalue weighted by atomic mass is 16.4. The molecule has 96 valence electrons. The van der Waals surface area contributed by atoms with Crippen molar-refractivity contribution in [3.05, 3.63) is 0 Å². The third-order valence-corrected chi connectivity index (χ3v) is 5.32. The highest BCUT2D eigenvalue weighted by molar-refractivity contribution is 5.72. The zero-order valence-electron chi connectivity index (χ0n) is 10.6. The normalized spacial score (nSPS) is 44.9. The topological polar surface area (TPSA) is 49.3 Å². The molecule has 4 aliphatic rings. The van der Waals surface area contributed by atoms with Crippen molar-refractivity contribution < 1.29 is 9.90 Å². The minimum Gasteiger partial charge on any atom is -0.480 e. The molecule has 1 atom stereocenters. The van der Waals surface area contributed by atoms with Crippen molar-refractivity contribution in [2.45, 2.75) is 51.5 Å². The van der Waals surface area contributed by atoms with Gasteiger partial charge in [-0.25, -0.2) is 0 Å². The van der Waals surface area contributed by atoms with E-state index in [-0.39, 0.29) is 0 Å². The molecule has 4 bridgehead atoms. The van der Waals surface area contributed by atoms with Crippen LogP contribution in [0.3, 0.4) is 0 Å². The lowest BCUT2D eigenvalue weighted by Gasteiger charge is -2.57. The van der Waals surface area contributed by atoms with Crippen molar-refractivity contribution in [1.29, 1.82) is 0 Å². The molecule has 3 nitrogen and oxygen atoms in total. The van der Waals surface area contributed by atoms with Crippen molar-refractivity contribution >= 4 is 5.97 Å². The lowest BCUT2D eigenvalue weighted by atomic mass is 9.49. The zero-order chi connectivity index (χ0) is 12.0. The zero-order valence-corrected chi connectivity index (χ0v) is 10.6. The van der Waals surface area contributed by atoms with Crippen LogP contribution in [0.1, 0.15) is 45.4 Å². The first-order valence-corrected chi connectivity index (χ1v) is 7.02. The molecule has 4 aliphatic carbocycles. The molecule has 4 saturated carbocycles. The highest BCUT2D eigenvalue weighted by Gasteiger charge is 2.50. The van der Waals surface area contributed by atoms with E-state index in [9.17, 15) is 4.79 Å². The van der Waals surface area contributed by atoms with Crippen molar-refractivity contribution in [1.82, 2.24) is 5.32 Å². The molecule has 0 spiro atoms. The van der Waals surface area contributed by atoms with Crippen molar-refractivity contribution in [2.75, 3.05) is 6.54 Å². The van der Waals surface area contributed by atoms with Gasteiger partial charge in [0.1, 0.15) is 6.04 Å². The number of carboxylic acids is 1. The van der Waals surface area contributed by atoms with Gasteiger partial charge in [-0.05, 0) is 68.6 Å². The predicted molar refractivity (Wildman–Crippen MR) is 65.7 cm³/mol. The average Bonchev–Trinajstić information content (AvgIpc) is 2.24. The molecule has 2 N–H and O–H groups in total. The number of aliphatic carboxylic acids is 1. The summed E-state index contributed by atoms with van der Waals surface area (Å²) >= 11 is 0. The molecule has 0 saturated heterocycles. The maximum absolute atomic E-state index is 10.9. The molecule has 0 unspecified atom stereocenters. The van der Waals surface area contributed by atoms with Crippen LogP contribution < -0.4 is 5.32 Å². The Morgan fingerprint density at radius 1 is 1.24 bits per heavy atom.